The van der Waals surface area contributed by atoms with Gasteiger partial charge in [0.2, 0.25) is 0 Å². The first-order valence-electron chi connectivity index (χ1n) is 12.2. The van der Waals surface area contributed by atoms with Gasteiger partial charge in [-0.3, -0.25) is 14.6 Å². The van der Waals surface area contributed by atoms with E-state index in [9.17, 15) is 5.11 Å². The Labute approximate surface area is 206 Å². The molecule has 0 radical (unpaired) electrons. The summed E-state index contributed by atoms with van der Waals surface area (Å²) in [4.78, 5) is 16.1. The van der Waals surface area contributed by atoms with Gasteiger partial charge in [0, 0.05) is 68.5 Å². The molecule has 0 amide bonds. The van der Waals surface area contributed by atoms with Crippen LogP contribution in [0.25, 0.3) is 22.5 Å². The molecule has 0 fully saturated rings. The number of nitrogens with zero attached hydrogens (tertiary/aromatic N) is 6. The maximum absolute atomic E-state index is 10.2. The van der Waals surface area contributed by atoms with E-state index < -0.39 is 5.60 Å². The number of benzene rings is 1. The minimum absolute atomic E-state index is 0.663. The second kappa shape index (κ2) is 9.68. The highest BCUT2D eigenvalue weighted by molar-refractivity contribution is 5.78. The van der Waals surface area contributed by atoms with Gasteiger partial charge in [-0.25, -0.2) is 9.97 Å². The Kier molecular flexibility index (Phi) is 6.45. The van der Waals surface area contributed by atoms with Crippen LogP contribution in [-0.4, -0.2) is 53.4 Å². The van der Waals surface area contributed by atoms with Crippen molar-refractivity contribution in [3.63, 3.8) is 0 Å². The Balaban J connectivity index is 1.40. The smallest absolute Gasteiger partial charge is 0.133 e. The van der Waals surface area contributed by atoms with Crippen LogP contribution in [0.1, 0.15) is 43.3 Å². The Hall–Kier alpha value is -3.42. The molecule has 3 aromatic heterocycles. The second-order valence-electron chi connectivity index (χ2n) is 9.90. The summed E-state index contributed by atoms with van der Waals surface area (Å²) in [5.41, 5.74) is 6.93. The minimum atomic E-state index is -0.691. The first-order valence-corrected chi connectivity index (χ1v) is 12.2. The predicted molar refractivity (Wildman–Crippen MR) is 137 cm³/mol. The van der Waals surface area contributed by atoms with E-state index in [4.69, 9.17) is 10.1 Å². The summed E-state index contributed by atoms with van der Waals surface area (Å²) >= 11 is 0. The summed E-state index contributed by atoms with van der Waals surface area (Å²) in [5.74, 6) is 0.785. The highest BCUT2D eigenvalue weighted by Crippen LogP contribution is 2.30. The van der Waals surface area contributed by atoms with Gasteiger partial charge in [0.25, 0.3) is 0 Å². The first kappa shape index (κ1) is 23.3. The molecule has 0 spiro atoms. The second-order valence-corrected chi connectivity index (χ2v) is 9.90. The molecule has 180 valence electrons. The molecule has 1 N–H and O–H groups in total. The highest BCUT2D eigenvalue weighted by atomic mass is 16.3. The number of hydrogen-bond donors (Lipinski definition) is 1. The van der Waals surface area contributed by atoms with Gasteiger partial charge in [-0.1, -0.05) is 18.2 Å². The predicted octanol–water partition coefficient (Wildman–Crippen LogP) is 4.14. The summed E-state index contributed by atoms with van der Waals surface area (Å²) in [6.45, 7) is 9.11. The monoisotopic (exact) mass is 468 g/mol. The maximum atomic E-state index is 10.2. The molecular weight excluding hydrogens is 436 g/mol. The fourth-order valence-electron chi connectivity index (χ4n) is 4.76. The number of rotatable bonds is 7. The highest BCUT2D eigenvalue weighted by Gasteiger charge is 2.23. The van der Waals surface area contributed by atoms with Crippen LogP contribution in [0.5, 0.6) is 0 Å². The van der Waals surface area contributed by atoms with Crippen molar-refractivity contribution in [1.29, 1.82) is 0 Å². The zero-order valence-electron chi connectivity index (χ0n) is 20.6. The summed E-state index contributed by atoms with van der Waals surface area (Å²) in [5, 5.41) is 15.0. The molecule has 7 nitrogen and oxygen atoms in total. The number of aryl methyl sites for hydroxylation is 1. The van der Waals surface area contributed by atoms with Crippen LogP contribution >= 0.6 is 0 Å². The van der Waals surface area contributed by atoms with Crippen LogP contribution in [0.3, 0.4) is 0 Å². The zero-order valence-corrected chi connectivity index (χ0v) is 20.6. The number of fused-ring (bicyclic) bond motifs is 1. The molecule has 4 aromatic rings. The van der Waals surface area contributed by atoms with Crippen molar-refractivity contribution >= 4 is 0 Å². The van der Waals surface area contributed by atoms with Crippen LogP contribution in [0.4, 0.5) is 0 Å². The van der Waals surface area contributed by atoms with E-state index in [-0.39, 0.29) is 0 Å². The lowest BCUT2D eigenvalue weighted by Crippen LogP contribution is -2.41. The molecule has 0 unspecified atom stereocenters. The molecule has 5 rings (SSSR count). The van der Waals surface area contributed by atoms with Gasteiger partial charge in [0.15, 0.2) is 0 Å². The fourth-order valence-corrected chi connectivity index (χ4v) is 4.76. The third kappa shape index (κ3) is 5.47. The maximum Gasteiger partial charge on any atom is 0.133 e. The molecule has 4 heterocycles. The summed E-state index contributed by atoms with van der Waals surface area (Å²) in [6, 6.07) is 12.6. The van der Waals surface area contributed by atoms with E-state index >= 15 is 0 Å². The van der Waals surface area contributed by atoms with Crippen molar-refractivity contribution in [2.24, 2.45) is 0 Å². The summed E-state index contributed by atoms with van der Waals surface area (Å²) in [6.07, 6.45) is 9.16. The first-order chi connectivity index (χ1) is 16.9. The van der Waals surface area contributed by atoms with Crippen molar-refractivity contribution in [2.45, 2.75) is 52.3 Å². The Morgan fingerprint density at radius 1 is 1.09 bits per heavy atom. The molecule has 7 heteroatoms. The topological polar surface area (TPSA) is 80.0 Å². The zero-order chi connectivity index (χ0) is 24.4. The van der Waals surface area contributed by atoms with Crippen LogP contribution in [-0.2, 0) is 25.9 Å². The number of pyridine rings is 1. The van der Waals surface area contributed by atoms with Crippen LogP contribution in [0, 0.1) is 0 Å². The minimum Gasteiger partial charge on any atom is -0.389 e. The van der Waals surface area contributed by atoms with Gasteiger partial charge < -0.3 is 5.11 Å². The van der Waals surface area contributed by atoms with Gasteiger partial charge in [-0.15, -0.1) is 0 Å². The molecule has 1 aliphatic heterocycles. The van der Waals surface area contributed by atoms with E-state index in [1.165, 1.54) is 16.7 Å². The number of β-amino-alcohol motifs (C(OH)–C–C–N with tert-alkyl or cyclic N) is 1. The molecule has 35 heavy (non-hydrogen) atoms. The number of aliphatic hydroxyl groups is 1. The van der Waals surface area contributed by atoms with E-state index in [1.54, 1.807) is 6.20 Å². The van der Waals surface area contributed by atoms with E-state index in [2.05, 4.69) is 40.0 Å². The van der Waals surface area contributed by atoms with E-state index in [1.807, 2.05) is 55.3 Å². The Morgan fingerprint density at radius 2 is 1.97 bits per heavy atom. The SMILES string of the molecule is CCn1cc(-c2ccnc(Cc3ccc4c(c3)CN(CC(C)(C)O)CC4)n2)c(-c2cccnc2)n1. The molecule has 1 aromatic carbocycles. The molecule has 0 atom stereocenters. The molecule has 0 aliphatic carbocycles. The summed E-state index contributed by atoms with van der Waals surface area (Å²) in [7, 11) is 0. The molecular formula is C28H32N6O. The van der Waals surface area contributed by atoms with E-state index in [0.717, 1.165) is 54.4 Å². The van der Waals surface area contributed by atoms with Gasteiger partial charge in [-0.05, 0) is 62.1 Å². The Bertz CT molecular complexity index is 1310. The van der Waals surface area contributed by atoms with Crippen LogP contribution in [0.2, 0.25) is 0 Å². The van der Waals surface area contributed by atoms with Gasteiger partial charge in [0.05, 0.1) is 11.3 Å². The largest absolute Gasteiger partial charge is 0.389 e. The van der Waals surface area contributed by atoms with Gasteiger partial charge in [-0.2, -0.15) is 5.10 Å². The van der Waals surface area contributed by atoms with Crippen molar-refractivity contribution in [3.05, 3.63) is 83.7 Å². The molecule has 0 bridgehead atoms. The standard InChI is InChI=1S/C28H32N6O/c1-4-34-18-24(27(32-34)22-6-5-11-29-16-22)25-9-12-30-26(31-25)15-20-7-8-21-10-13-33(17-23(21)14-20)19-28(2,3)35/h5-9,11-12,14,16,18,35H,4,10,13,15,17,19H2,1-3H3. The van der Waals surface area contributed by atoms with E-state index in [0.29, 0.717) is 13.0 Å². The number of aromatic nitrogens is 5. The lowest BCUT2D eigenvalue weighted by molar-refractivity contribution is 0.0318. The van der Waals surface area contributed by atoms with Gasteiger partial charge in [0.1, 0.15) is 11.5 Å². The van der Waals surface area contributed by atoms with Crippen LogP contribution in [0.15, 0.2) is 61.2 Å². The average Bonchev–Trinajstić information content (AvgIpc) is 3.28. The van der Waals surface area contributed by atoms with Crippen LogP contribution < -0.4 is 0 Å². The fraction of sp³-hybridized carbons (Fsp3) is 0.357. The van der Waals surface area contributed by atoms with Crippen molar-refractivity contribution in [1.82, 2.24) is 29.6 Å². The summed E-state index contributed by atoms with van der Waals surface area (Å²) < 4.78 is 1.93. The molecule has 0 saturated heterocycles. The van der Waals surface area contributed by atoms with Gasteiger partial charge >= 0.3 is 0 Å². The molecule has 1 aliphatic rings. The van der Waals surface area contributed by atoms with Crippen molar-refractivity contribution in [3.8, 4) is 22.5 Å². The number of hydrogen-bond acceptors (Lipinski definition) is 6. The lowest BCUT2D eigenvalue weighted by atomic mass is 9.95. The lowest BCUT2D eigenvalue weighted by Gasteiger charge is -2.33. The van der Waals surface area contributed by atoms with Crippen molar-refractivity contribution in [2.75, 3.05) is 13.1 Å². The normalized spacial score (nSPS) is 14.2. The average molecular weight is 469 g/mol. The third-order valence-electron chi connectivity index (χ3n) is 6.34. The molecule has 0 saturated carbocycles. The Morgan fingerprint density at radius 3 is 2.74 bits per heavy atom. The van der Waals surface area contributed by atoms with Crippen molar-refractivity contribution < 1.29 is 5.11 Å². The third-order valence-corrected chi connectivity index (χ3v) is 6.34. The quantitative estimate of drug-likeness (QED) is 0.439.